The van der Waals surface area contributed by atoms with Crippen molar-refractivity contribution in [1.82, 2.24) is 0 Å². The summed E-state index contributed by atoms with van der Waals surface area (Å²) in [5.74, 6) is -0.0204. The van der Waals surface area contributed by atoms with Crippen LogP contribution in [0, 0.1) is 0 Å². The van der Waals surface area contributed by atoms with Crippen LogP contribution in [0.5, 0.6) is 5.75 Å². The molecule has 0 spiro atoms. The molecule has 0 saturated carbocycles. The predicted molar refractivity (Wildman–Crippen MR) is 67.8 cm³/mol. The second kappa shape index (κ2) is 4.84. The van der Waals surface area contributed by atoms with Gasteiger partial charge < -0.3 is 9.84 Å². The highest BCUT2D eigenvalue weighted by Gasteiger charge is 2.20. The lowest BCUT2D eigenvalue weighted by Gasteiger charge is -2.24. The number of carbonyl (C=O) groups is 1. The molecule has 94 valence electrons. The number of phenols is 1. The molecule has 17 heavy (non-hydrogen) atoms. The van der Waals surface area contributed by atoms with E-state index >= 15 is 0 Å². The summed E-state index contributed by atoms with van der Waals surface area (Å²) < 4.78 is 5.21. The Balaban J connectivity index is 2.85. The first-order valence-electron chi connectivity index (χ1n) is 5.16. The Morgan fingerprint density at radius 2 is 2.00 bits per heavy atom. The molecule has 1 aromatic rings. The zero-order valence-electron chi connectivity index (χ0n) is 10.3. The number of benzene rings is 1. The fourth-order valence-electron chi connectivity index (χ4n) is 1.14. The molecule has 1 amide bonds. The fraction of sp³-hybridized carbons (Fsp3) is 0.417. The molecular formula is C12H16ClNO3. The van der Waals surface area contributed by atoms with Crippen molar-refractivity contribution < 1.29 is 14.6 Å². The van der Waals surface area contributed by atoms with Crippen LogP contribution in [0.2, 0.25) is 5.02 Å². The van der Waals surface area contributed by atoms with Crippen LogP contribution in [-0.2, 0) is 4.74 Å². The number of ether oxygens (including phenoxy) is 1. The van der Waals surface area contributed by atoms with E-state index in [2.05, 4.69) is 0 Å². The molecule has 0 heterocycles. The van der Waals surface area contributed by atoms with Gasteiger partial charge in [0, 0.05) is 12.7 Å². The number of aromatic hydroxyl groups is 1. The molecule has 1 N–H and O–H groups in total. The van der Waals surface area contributed by atoms with Crippen LogP contribution < -0.4 is 4.90 Å². The van der Waals surface area contributed by atoms with Gasteiger partial charge in [-0.25, -0.2) is 4.79 Å². The monoisotopic (exact) mass is 257 g/mol. The van der Waals surface area contributed by atoms with Crippen molar-refractivity contribution >= 4 is 23.4 Å². The zero-order valence-corrected chi connectivity index (χ0v) is 11.1. The molecule has 5 heteroatoms. The number of phenolic OH excluding ortho intramolecular Hbond substituents is 1. The summed E-state index contributed by atoms with van der Waals surface area (Å²) in [5.41, 5.74) is 0.00791. The Labute approximate surface area is 106 Å². The lowest BCUT2D eigenvalue weighted by molar-refractivity contribution is 0.0589. The maximum Gasteiger partial charge on any atom is 0.414 e. The van der Waals surface area contributed by atoms with Crippen LogP contribution in [0.4, 0.5) is 10.5 Å². The van der Waals surface area contributed by atoms with E-state index in [0.717, 1.165) is 0 Å². The van der Waals surface area contributed by atoms with Crippen LogP contribution in [0.15, 0.2) is 18.2 Å². The van der Waals surface area contributed by atoms with Crippen molar-refractivity contribution in [2.45, 2.75) is 26.4 Å². The second-order valence-corrected chi connectivity index (χ2v) is 5.08. The molecule has 0 aliphatic heterocycles. The standard InChI is InChI=1S/C12H16ClNO3/c1-12(2,3)17-11(16)14(4)8-5-6-10(15)9(13)7-8/h5-7,15H,1-4H3. The first-order valence-corrected chi connectivity index (χ1v) is 5.54. The Kier molecular flexibility index (Phi) is 3.88. The molecule has 0 aliphatic carbocycles. The number of hydrogen-bond acceptors (Lipinski definition) is 3. The number of carbonyl (C=O) groups excluding carboxylic acids is 1. The van der Waals surface area contributed by atoms with Gasteiger partial charge in [-0.2, -0.15) is 0 Å². The van der Waals surface area contributed by atoms with E-state index in [9.17, 15) is 9.90 Å². The Bertz CT molecular complexity index is 426. The van der Waals surface area contributed by atoms with Gasteiger partial charge in [-0.05, 0) is 39.0 Å². The highest BCUT2D eigenvalue weighted by Crippen LogP contribution is 2.28. The lowest BCUT2D eigenvalue weighted by atomic mass is 10.2. The molecule has 0 bridgehead atoms. The molecule has 1 aromatic carbocycles. The van der Waals surface area contributed by atoms with Gasteiger partial charge in [0.25, 0.3) is 0 Å². The van der Waals surface area contributed by atoms with Crippen molar-refractivity contribution in [1.29, 1.82) is 0 Å². The minimum absolute atomic E-state index is 0.0204. The van der Waals surface area contributed by atoms with Crippen LogP contribution in [0.1, 0.15) is 20.8 Å². The summed E-state index contributed by atoms with van der Waals surface area (Å²) in [6.45, 7) is 5.38. The van der Waals surface area contributed by atoms with Gasteiger partial charge in [-0.15, -0.1) is 0 Å². The van der Waals surface area contributed by atoms with E-state index in [1.165, 1.54) is 17.0 Å². The Morgan fingerprint density at radius 3 is 2.47 bits per heavy atom. The fourth-order valence-corrected chi connectivity index (χ4v) is 1.32. The molecule has 0 fully saturated rings. The van der Waals surface area contributed by atoms with Crippen molar-refractivity contribution in [2.75, 3.05) is 11.9 Å². The molecule has 0 saturated heterocycles. The zero-order chi connectivity index (χ0) is 13.2. The predicted octanol–water partition coefficient (Wildman–Crippen LogP) is 3.42. The molecule has 1 rings (SSSR count). The molecule has 4 nitrogen and oxygen atoms in total. The third-order valence-electron chi connectivity index (χ3n) is 1.99. The highest BCUT2D eigenvalue weighted by atomic mass is 35.5. The van der Waals surface area contributed by atoms with Crippen molar-refractivity contribution in [2.24, 2.45) is 0 Å². The quantitative estimate of drug-likeness (QED) is 0.839. The SMILES string of the molecule is CN(C(=O)OC(C)(C)C)c1ccc(O)c(Cl)c1. The number of anilines is 1. The van der Waals surface area contributed by atoms with E-state index in [-0.39, 0.29) is 10.8 Å². The number of halogens is 1. The van der Waals surface area contributed by atoms with Gasteiger partial charge in [0.05, 0.1) is 5.02 Å². The first-order chi connectivity index (χ1) is 7.70. The maximum atomic E-state index is 11.8. The molecular weight excluding hydrogens is 242 g/mol. The Hall–Kier alpha value is -1.42. The van der Waals surface area contributed by atoms with Gasteiger partial charge in [-0.3, -0.25) is 4.90 Å². The van der Waals surface area contributed by atoms with Crippen LogP contribution >= 0.6 is 11.6 Å². The molecule has 0 atom stereocenters. The molecule has 0 aliphatic rings. The summed E-state index contributed by atoms with van der Waals surface area (Å²) in [5, 5.41) is 9.48. The first kappa shape index (κ1) is 13.6. The largest absolute Gasteiger partial charge is 0.506 e. The van der Waals surface area contributed by atoms with E-state index < -0.39 is 11.7 Å². The minimum atomic E-state index is -0.550. The summed E-state index contributed by atoms with van der Waals surface area (Å²) in [6, 6.07) is 4.52. The summed E-state index contributed by atoms with van der Waals surface area (Å²) in [7, 11) is 1.58. The molecule has 0 aromatic heterocycles. The summed E-state index contributed by atoms with van der Waals surface area (Å²) in [6.07, 6.45) is -0.473. The number of hydrogen-bond donors (Lipinski definition) is 1. The minimum Gasteiger partial charge on any atom is -0.506 e. The van der Waals surface area contributed by atoms with Crippen LogP contribution in [0.25, 0.3) is 0 Å². The summed E-state index contributed by atoms with van der Waals surface area (Å²) in [4.78, 5) is 13.1. The number of rotatable bonds is 1. The van der Waals surface area contributed by atoms with E-state index in [1.807, 2.05) is 0 Å². The van der Waals surface area contributed by atoms with Crippen LogP contribution in [0.3, 0.4) is 0 Å². The van der Waals surface area contributed by atoms with E-state index in [4.69, 9.17) is 16.3 Å². The third kappa shape index (κ3) is 3.82. The van der Waals surface area contributed by atoms with Gasteiger partial charge in [0.2, 0.25) is 0 Å². The normalized spacial score (nSPS) is 11.1. The van der Waals surface area contributed by atoms with Gasteiger partial charge in [-0.1, -0.05) is 11.6 Å². The number of nitrogens with zero attached hydrogens (tertiary/aromatic N) is 1. The van der Waals surface area contributed by atoms with Crippen molar-refractivity contribution in [3.8, 4) is 5.75 Å². The highest BCUT2D eigenvalue weighted by molar-refractivity contribution is 6.32. The smallest absolute Gasteiger partial charge is 0.414 e. The second-order valence-electron chi connectivity index (χ2n) is 4.68. The number of amides is 1. The van der Waals surface area contributed by atoms with Gasteiger partial charge in [0.15, 0.2) is 0 Å². The van der Waals surface area contributed by atoms with Crippen molar-refractivity contribution in [3.63, 3.8) is 0 Å². The van der Waals surface area contributed by atoms with Gasteiger partial charge in [0.1, 0.15) is 11.4 Å². The molecule has 0 unspecified atom stereocenters. The molecule has 0 radical (unpaired) electrons. The maximum absolute atomic E-state index is 11.8. The average molecular weight is 258 g/mol. The van der Waals surface area contributed by atoms with Crippen LogP contribution in [-0.4, -0.2) is 23.8 Å². The third-order valence-corrected chi connectivity index (χ3v) is 2.29. The van der Waals surface area contributed by atoms with Crippen molar-refractivity contribution in [3.05, 3.63) is 23.2 Å². The van der Waals surface area contributed by atoms with E-state index in [1.54, 1.807) is 33.9 Å². The van der Waals surface area contributed by atoms with Gasteiger partial charge >= 0.3 is 6.09 Å². The average Bonchev–Trinajstić information content (AvgIpc) is 2.18. The summed E-state index contributed by atoms with van der Waals surface area (Å²) >= 11 is 5.77. The topological polar surface area (TPSA) is 49.8 Å². The lowest BCUT2D eigenvalue weighted by Crippen LogP contribution is -2.34. The van der Waals surface area contributed by atoms with E-state index in [0.29, 0.717) is 5.69 Å². The Morgan fingerprint density at radius 1 is 1.41 bits per heavy atom.